The van der Waals surface area contributed by atoms with Gasteiger partial charge in [-0.1, -0.05) is 32.4 Å². The van der Waals surface area contributed by atoms with E-state index in [1.807, 2.05) is 24.4 Å². The van der Waals surface area contributed by atoms with Crippen molar-refractivity contribution in [1.29, 1.82) is 0 Å². The first-order valence-electron chi connectivity index (χ1n) is 8.47. The van der Waals surface area contributed by atoms with Crippen molar-refractivity contribution in [2.45, 2.75) is 32.6 Å². The SMILES string of the molecule is CN(C)CCOc1ccc(NC(=O)Cc2csc(C(C)(C)C)n2)cc1Cl. The second-order valence-corrected chi connectivity index (χ2v) is 8.68. The lowest BCUT2D eigenvalue weighted by atomic mass is 9.98. The zero-order valence-corrected chi connectivity index (χ0v) is 17.5. The molecule has 0 aliphatic heterocycles. The maximum atomic E-state index is 12.3. The minimum Gasteiger partial charge on any atom is -0.491 e. The highest BCUT2D eigenvalue weighted by Crippen LogP contribution is 2.28. The molecule has 0 unspecified atom stereocenters. The van der Waals surface area contributed by atoms with E-state index < -0.39 is 0 Å². The number of nitrogens with one attached hydrogen (secondary N) is 1. The van der Waals surface area contributed by atoms with E-state index in [2.05, 4.69) is 31.1 Å². The number of carbonyl (C=O) groups is 1. The third-order valence-corrected chi connectivity index (χ3v) is 5.16. The first-order chi connectivity index (χ1) is 12.1. The van der Waals surface area contributed by atoms with Crippen LogP contribution < -0.4 is 10.1 Å². The van der Waals surface area contributed by atoms with Crippen LogP contribution in [0.1, 0.15) is 31.5 Å². The van der Waals surface area contributed by atoms with Crippen LogP contribution in [0, 0.1) is 0 Å². The van der Waals surface area contributed by atoms with Gasteiger partial charge in [-0.05, 0) is 32.3 Å². The van der Waals surface area contributed by atoms with Crippen molar-refractivity contribution in [2.24, 2.45) is 0 Å². The molecule has 0 saturated carbocycles. The number of carbonyl (C=O) groups excluding carboxylic acids is 1. The maximum absolute atomic E-state index is 12.3. The number of thiazole rings is 1. The van der Waals surface area contributed by atoms with Crippen LogP contribution in [0.4, 0.5) is 5.69 Å². The fourth-order valence-corrected chi connectivity index (χ4v) is 3.28. The topological polar surface area (TPSA) is 54.5 Å². The average Bonchev–Trinajstić information content (AvgIpc) is 2.97. The third-order valence-electron chi connectivity index (χ3n) is 3.55. The monoisotopic (exact) mass is 395 g/mol. The third kappa shape index (κ3) is 6.27. The predicted octanol–water partition coefficient (Wildman–Crippen LogP) is 4.22. The van der Waals surface area contributed by atoms with E-state index in [1.165, 1.54) is 0 Å². The molecule has 1 aromatic heterocycles. The Kier molecular flexibility index (Phi) is 7.03. The molecule has 0 spiro atoms. The first-order valence-corrected chi connectivity index (χ1v) is 9.73. The molecule has 2 aromatic rings. The highest BCUT2D eigenvalue weighted by atomic mass is 35.5. The molecule has 0 fully saturated rings. The molecular weight excluding hydrogens is 370 g/mol. The summed E-state index contributed by atoms with van der Waals surface area (Å²) in [6.07, 6.45) is 0.241. The smallest absolute Gasteiger partial charge is 0.230 e. The molecule has 0 bridgehead atoms. The van der Waals surface area contributed by atoms with Gasteiger partial charge in [0.25, 0.3) is 0 Å². The van der Waals surface area contributed by atoms with Crippen molar-refractivity contribution in [1.82, 2.24) is 9.88 Å². The number of ether oxygens (including phenoxy) is 1. The number of amides is 1. The summed E-state index contributed by atoms with van der Waals surface area (Å²) in [6, 6.07) is 5.26. The summed E-state index contributed by atoms with van der Waals surface area (Å²) >= 11 is 7.83. The van der Waals surface area contributed by atoms with Gasteiger partial charge in [-0.2, -0.15) is 0 Å². The van der Waals surface area contributed by atoms with Crippen LogP contribution in [0.5, 0.6) is 5.75 Å². The van der Waals surface area contributed by atoms with E-state index in [1.54, 1.807) is 29.5 Å². The van der Waals surface area contributed by atoms with E-state index >= 15 is 0 Å². The summed E-state index contributed by atoms with van der Waals surface area (Å²) in [5.74, 6) is 0.494. The molecule has 0 atom stereocenters. The van der Waals surface area contributed by atoms with Gasteiger partial charge in [0, 0.05) is 23.0 Å². The Morgan fingerprint density at radius 2 is 2.08 bits per heavy atom. The minimum atomic E-state index is -0.117. The Morgan fingerprint density at radius 3 is 2.65 bits per heavy atom. The van der Waals surface area contributed by atoms with E-state index in [-0.39, 0.29) is 17.7 Å². The summed E-state index contributed by atoms with van der Waals surface area (Å²) in [4.78, 5) is 18.8. The summed E-state index contributed by atoms with van der Waals surface area (Å²) in [5.41, 5.74) is 1.42. The molecule has 0 saturated heterocycles. The molecule has 1 N–H and O–H groups in total. The summed E-state index contributed by atoms with van der Waals surface area (Å²) in [5, 5.41) is 6.30. The minimum absolute atomic E-state index is 0.00463. The zero-order valence-electron chi connectivity index (χ0n) is 15.9. The van der Waals surface area contributed by atoms with Gasteiger partial charge in [-0.15, -0.1) is 11.3 Å². The van der Waals surface area contributed by atoms with Crippen molar-refractivity contribution in [3.8, 4) is 5.75 Å². The molecule has 0 radical (unpaired) electrons. The number of hydrogen-bond acceptors (Lipinski definition) is 5. The number of anilines is 1. The van der Waals surface area contributed by atoms with Gasteiger partial charge >= 0.3 is 0 Å². The molecule has 5 nitrogen and oxygen atoms in total. The van der Waals surface area contributed by atoms with Crippen molar-refractivity contribution in [3.63, 3.8) is 0 Å². The van der Waals surface area contributed by atoms with Crippen molar-refractivity contribution < 1.29 is 9.53 Å². The predicted molar refractivity (Wildman–Crippen MR) is 109 cm³/mol. The van der Waals surface area contributed by atoms with Crippen LogP contribution in [0.3, 0.4) is 0 Å². The van der Waals surface area contributed by atoms with Gasteiger partial charge in [0.2, 0.25) is 5.91 Å². The first kappa shape index (κ1) is 20.7. The lowest BCUT2D eigenvalue weighted by molar-refractivity contribution is -0.115. The number of hydrogen-bond donors (Lipinski definition) is 1. The molecule has 7 heteroatoms. The molecule has 0 aliphatic rings. The number of aromatic nitrogens is 1. The summed E-state index contributed by atoms with van der Waals surface area (Å²) in [7, 11) is 3.97. The Labute approximate surface area is 164 Å². The van der Waals surface area contributed by atoms with Gasteiger partial charge in [0.1, 0.15) is 12.4 Å². The van der Waals surface area contributed by atoms with E-state index in [0.717, 1.165) is 17.2 Å². The van der Waals surface area contributed by atoms with Crippen molar-refractivity contribution >= 4 is 34.5 Å². The van der Waals surface area contributed by atoms with Gasteiger partial charge in [-0.25, -0.2) is 4.98 Å². The van der Waals surface area contributed by atoms with Crippen LogP contribution in [0.25, 0.3) is 0 Å². The lowest BCUT2D eigenvalue weighted by Crippen LogP contribution is -2.19. The van der Waals surface area contributed by atoms with Gasteiger partial charge in [0.15, 0.2) is 0 Å². The van der Waals surface area contributed by atoms with E-state index in [9.17, 15) is 4.79 Å². The lowest BCUT2D eigenvalue weighted by Gasteiger charge is -2.13. The van der Waals surface area contributed by atoms with Crippen LogP contribution in [0.2, 0.25) is 5.02 Å². The summed E-state index contributed by atoms with van der Waals surface area (Å²) in [6.45, 7) is 7.69. The highest BCUT2D eigenvalue weighted by molar-refractivity contribution is 7.09. The van der Waals surface area contributed by atoms with Crippen LogP contribution in [-0.2, 0) is 16.6 Å². The molecule has 1 aromatic carbocycles. The fourth-order valence-electron chi connectivity index (χ4n) is 2.14. The Hall–Kier alpha value is -1.63. The molecule has 1 heterocycles. The molecular formula is C19H26ClN3O2S. The van der Waals surface area contributed by atoms with Crippen LogP contribution in [-0.4, -0.2) is 43.0 Å². The Morgan fingerprint density at radius 1 is 1.35 bits per heavy atom. The highest BCUT2D eigenvalue weighted by Gasteiger charge is 2.19. The molecule has 2 rings (SSSR count). The van der Waals surface area contributed by atoms with Gasteiger partial charge in [0.05, 0.1) is 22.1 Å². The molecule has 142 valence electrons. The normalized spacial score (nSPS) is 11.7. The molecule has 0 aliphatic carbocycles. The number of rotatable bonds is 7. The average molecular weight is 396 g/mol. The fraction of sp³-hybridized carbons (Fsp3) is 0.474. The molecule has 1 amide bonds. The van der Waals surface area contributed by atoms with E-state index in [0.29, 0.717) is 23.1 Å². The second-order valence-electron chi connectivity index (χ2n) is 7.42. The Bertz CT molecular complexity index is 753. The van der Waals surface area contributed by atoms with Crippen molar-refractivity contribution in [2.75, 3.05) is 32.6 Å². The quantitative estimate of drug-likeness (QED) is 0.762. The number of nitrogens with zero attached hydrogens (tertiary/aromatic N) is 2. The number of benzene rings is 1. The van der Waals surface area contributed by atoms with E-state index in [4.69, 9.17) is 16.3 Å². The second kappa shape index (κ2) is 8.84. The van der Waals surface area contributed by atoms with Crippen molar-refractivity contribution in [3.05, 3.63) is 39.3 Å². The van der Waals surface area contributed by atoms with Crippen LogP contribution >= 0.6 is 22.9 Å². The number of halogens is 1. The van der Waals surface area contributed by atoms with Gasteiger partial charge < -0.3 is 15.0 Å². The Balaban J connectivity index is 1.92. The zero-order chi connectivity index (χ0) is 19.3. The standard InChI is InChI=1S/C19H26ClN3O2S/c1-19(2,3)18-22-14(12-26-18)11-17(24)21-13-6-7-16(15(20)10-13)25-9-8-23(4)5/h6-7,10,12H,8-9,11H2,1-5H3,(H,21,24). The number of likely N-dealkylation sites (N-methyl/N-ethyl adjacent to an activating group) is 1. The summed E-state index contributed by atoms with van der Waals surface area (Å²) < 4.78 is 5.64. The maximum Gasteiger partial charge on any atom is 0.230 e. The van der Waals surface area contributed by atoms with Gasteiger partial charge in [-0.3, -0.25) is 4.79 Å². The molecule has 26 heavy (non-hydrogen) atoms. The van der Waals surface area contributed by atoms with Crippen LogP contribution in [0.15, 0.2) is 23.6 Å². The largest absolute Gasteiger partial charge is 0.491 e.